The van der Waals surface area contributed by atoms with Crippen molar-refractivity contribution in [3.63, 3.8) is 0 Å². The molecule has 0 bridgehead atoms. The average molecular weight is 568 g/mol. The summed E-state index contributed by atoms with van der Waals surface area (Å²) in [6, 6.07) is 16.4. The third-order valence-electron chi connectivity index (χ3n) is 6.19. The number of ketones is 1. The number of para-hydroxylation sites is 2. The van der Waals surface area contributed by atoms with Gasteiger partial charge in [-0.2, -0.15) is 0 Å². The molecule has 0 aliphatic rings. The number of nitrogens with zero attached hydrogens (tertiary/aromatic N) is 2. The monoisotopic (exact) mass is 567 g/mol. The topological polar surface area (TPSA) is 107 Å². The van der Waals surface area contributed by atoms with Crippen molar-refractivity contribution in [3.05, 3.63) is 70.9 Å². The summed E-state index contributed by atoms with van der Waals surface area (Å²) in [6.45, 7) is 8.17. The maximum atomic E-state index is 13.4. The largest absolute Gasteiger partial charge is 0.449 e. The molecule has 0 aliphatic heterocycles. The van der Waals surface area contributed by atoms with Crippen molar-refractivity contribution in [1.82, 2.24) is 14.3 Å². The van der Waals surface area contributed by atoms with E-state index in [0.29, 0.717) is 35.4 Å². The third kappa shape index (κ3) is 6.75. The van der Waals surface area contributed by atoms with Crippen LogP contribution in [0.25, 0.3) is 22.2 Å². The second-order valence-corrected chi connectivity index (χ2v) is 12.9. The van der Waals surface area contributed by atoms with Crippen LogP contribution in [0, 0.1) is 12.8 Å². The first-order chi connectivity index (χ1) is 18.6. The molecule has 1 amide bonds. The summed E-state index contributed by atoms with van der Waals surface area (Å²) in [5.74, 6) is 0.921. The number of hydrogen-bond donors (Lipinski definition) is 1. The summed E-state index contributed by atoms with van der Waals surface area (Å²) in [6.07, 6.45) is 1.14. The second kappa shape index (κ2) is 12.1. The third-order valence-corrected chi connectivity index (χ3v) is 9.20. The van der Waals surface area contributed by atoms with E-state index in [1.54, 1.807) is 24.3 Å². The van der Waals surface area contributed by atoms with E-state index in [-0.39, 0.29) is 23.1 Å². The Hall–Kier alpha value is -3.50. The number of Topliss-reactive ketones (excluding diaryl/α,β-unsaturated/α-hetero) is 1. The number of ether oxygens (including phenoxy) is 1. The van der Waals surface area contributed by atoms with Crippen LogP contribution in [0.2, 0.25) is 0 Å². The number of thiophene rings is 1. The highest BCUT2D eigenvalue weighted by molar-refractivity contribution is 7.92. The van der Waals surface area contributed by atoms with E-state index in [0.717, 1.165) is 39.5 Å². The first kappa shape index (κ1) is 28.5. The number of benzene rings is 2. The van der Waals surface area contributed by atoms with Crippen molar-refractivity contribution in [2.45, 2.75) is 57.7 Å². The summed E-state index contributed by atoms with van der Waals surface area (Å²) < 4.78 is 35.5. The Morgan fingerprint density at radius 2 is 1.87 bits per heavy atom. The van der Waals surface area contributed by atoms with Gasteiger partial charge in [0.1, 0.15) is 10.0 Å². The molecule has 2 aromatic heterocycles. The Morgan fingerprint density at radius 1 is 1.10 bits per heavy atom. The molecule has 4 aromatic rings. The Bertz CT molecular complexity index is 1600. The van der Waals surface area contributed by atoms with Crippen molar-refractivity contribution in [2.75, 3.05) is 6.61 Å². The summed E-state index contributed by atoms with van der Waals surface area (Å²) >= 11 is 1.13. The van der Waals surface area contributed by atoms with Gasteiger partial charge in [0, 0.05) is 16.0 Å². The number of unbranched alkanes of at least 4 members (excludes halogenated alkanes) is 1. The number of carbonyl (C=O) groups is 2. The summed E-state index contributed by atoms with van der Waals surface area (Å²) in [7, 11) is -4.20. The molecule has 10 heteroatoms. The lowest BCUT2D eigenvalue weighted by atomic mass is 10.0. The smallest absolute Gasteiger partial charge is 0.421 e. The Kier molecular flexibility index (Phi) is 8.87. The zero-order valence-corrected chi connectivity index (χ0v) is 24.2. The fourth-order valence-electron chi connectivity index (χ4n) is 4.31. The number of aryl methyl sites for hydroxylation is 1. The van der Waals surface area contributed by atoms with Crippen LogP contribution in [0.1, 0.15) is 54.7 Å². The van der Waals surface area contributed by atoms with E-state index in [9.17, 15) is 18.0 Å². The zero-order chi connectivity index (χ0) is 28.2. The Morgan fingerprint density at radius 3 is 2.62 bits per heavy atom. The van der Waals surface area contributed by atoms with Crippen LogP contribution in [-0.2, 0) is 27.7 Å². The number of aromatic nitrogens is 2. The minimum atomic E-state index is -4.20. The number of rotatable bonds is 11. The second-order valence-electron chi connectivity index (χ2n) is 9.84. The van der Waals surface area contributed by atoms with Gasteiger partial charge in [0.25, 0.3) is 10.0 Å². The molecule has 0 atom stereocenters. The molecule has 0 saturated heterocycles. The van der Waals surface area contributed by atoms with Crippen LogP contribution >= 0.6 is 11.3 Å². The van der Waals surface area contributed by atoms with Gasteiger partial charge >= 0.3 is 6.09 Å². The highest BCUT2D eigenvalue weighted by Crippen LogP contribution is 2.37. The van der Waals surface area contributed by atoms with E-state index in [4.69, 9.17) is 4.74 Å². The van der Waals surface area contributed by atoms with Crippen molar-refractivity contribution in [2.24, 2.45) is 5.92 Å². The lowest BCUT2D eigenvalue weighted by molar-refractivity contribution is 0.0972. The number of imidazole rings is 1. The van der Waals surface area contributed by atoms with E-state index in [2.05, 4.69) is 18.8 Å². The average Bonchev–Trinajstić information content (AvgIpc) is 3.45. The SMILES string of the molecule is CCCCOC(=O)NS(=O)(=O)c1sc(CC(C)C)cc1-c1cccc(C(=O)Cn2c(C)nc3ccccc32)c1. The molecule has 2 heterocycles. The fraction of sp³-hybridized carbons (Fsp3) is 0.345. The number of carbonyl (C=O) groups excluding carboxylic acids is 2. The molecule has 0 unspecified atom stereocenters. The molecular weight excluding hydrogens is 534 g/mol. The number of amides is 1. The van der Waals surface area contributed by atoms with Crippen LogP contribution in [0.5, 0.6) is 0 Å². The molecule has 0 radical (unpaired) electrons. The van der Waals surface area contributed by atoms with Gasteiger partial charge in [-0.25, -0.2) is 22.9 Å². The molecule has 0 saturated carbocycles. The minimum absolute atomic E-state index is 0.0200. The molecule has 39 heavy (non-hydrogen) atoms. The summed E-state index contributed by atoms with van der Waals surface area (Å²) in [4.78, 5) is 31.0. The highest BCUT2D eigenvalue weighted by Gasteiger charge is 2.27. The molecule has 0 aliphatic carbocycles. The van der Waals surface area contributed by atoms with Crippen molar-refractivity contribution in [3.8, 4) is 11.1 Å². The molecule has 0 fully saturated rings. The van der Waals surface area contributed by atoms with Gasteiger partial charge in [-0.1, -0.05) is 57.5 Å². The van der Waals surface area contributed by atoms with Crippen LogP contribution in [0.3, 0.4) is 0 Å². The summed E-state index contributed by atoms with van der Waals surface area (Å²) in [5, 5.41) is 0. The molecule has 8 nitrogen and oxygen atoms in total. The summed E-state index contributed by atoms with van der Waals surface area (Å²) in [5.41, 5.74) is 3.18. The lowest BCUT2D eigenvalue weighted by Crippen LogP contribution is -2.31. The molecule has 206 valence electrons. The standard InChI is InChI=1S/C29H33N3O5S2/c1-5-6-14-37-29(34)31-39(35,36)28-24(17-23(38-28)15-19(2)3)21-10-9-11-22(16-21)27(33)18-32-20(4)30-25-12-7-8-13-26(25)32/h7-13,16-17,19H,5-6,14-15,18H2,1-4H3,(H,31,34). The van der Waals surface area contributed by atoms with Gasteiger partial charge in [-0.05, 0) is 55.5 Å². The van der Waals surface area contributed by atoms with E-state index in [1.807, 2.05) is 53.5 Å². The van der Waals surface area contributed by atoms with Gasteiger partial charge in [-0.15, -0.1) is 11.3 Å². The number of nitrogens with one attached hydrogen (secondary N) is 1. The van der Waals surface area contributed by atoms with Crippen LogP contribution in [0.15, 0.2) is 58.8 Å². The Labute approximate surface area is 233 Å². The van der Waals surface area contributed by atoms with E-state index in [1.165, 1.54) is 0 Å². The molecule has 1 N–H and O–H groups in total. The van der Waals surface area contributed by atoms with Gasteiger partial charge in [-0.3, -0.25) is 4.79 Å². The van der Waals surface area contributed by atoms with Crippen LogP contribution in [-0.4, -0.2) is 36.5 Å². The maximum absolute atomic E-state index is 13.4. The zero-order valence-electron chi connectivity index (χ0n) is 22.6. The first-order valence-electron chi connectivity index (χ1n) is 13.0. The number of hydrogen-bond acceptors (Lipinski definition) is 7. The van der Waals surface area contributed by atoms with Crippen LogP contribution in [0.4, 0.5) is 4.79 Å². The molecular formula is C29H33N3O5S2. The molecule has 2 aromatic carbocycles. The number of sulfonamides is 1. The van der Waals surface area contributed by atoms with E-state index >= 15 is 0 Å². The minimum Gasteiger partial charge on any atom is -0.449 e. The maximum Gasteiger partial charge on any atom is 0.421 e. The lowest BCUT2D eigenvalue weighted by Gasteiger charge is -2.10. The van der Waals surface area contributed by atoms with Gasteiger partial charge in [0.2, 0.25) is 0 Å². The fourth-order valence-corrected chi connectivity index (χ4v) is 7.15. The van der Waals surface area contributed by atoms with Gasteiger partial charge in [0.15, 0.2) is 5.78 Å². The van der Waals surface area contributed by atoms with E-state index < -0.39 is 16.1 Å². The number of fused-ring (bicyclic) bond motifs is 1. The highest BCUT2D eigenvalue weighted by atomic mass is 32.2. The molecule has 0 spiro atoms. The van der Waals surface area contributed by atoms with Gasteiger partial charge < -0.3 is 9.30 Å². The van der Waals surface area contributed by atoms with Crippen molar-refractivity contribution < 1.29 is 22.7 Å². The first-order valence-corrected chi connectivity index (χ1v) is 15.3. The predicted molar refractivity (Wildman–Crippen MR) is 154 cm³/mol. The Balaban J connectivity index is 1.66. The predicted octanol–water partition coefficient (Wildman–Crippen LogP) is 6.37. The quantitative estimate of drug-likeness (QED) is 0.167. The van der Waals surface area contributed by atoms with Crippen molar-refractivity contribution in [1.29, 1.82) is 0 Å². The molecule has 4 rings (SSSR count). The van der Waals surface area contributed by atoms with Gasteiger partial charge in [0.05, 0.1) is 24.2 Å². The normalized spacial score (nSPS) is 11.7. The van der Waals surface area contributed by atoms with Crippen molar-refractivity contribution >= 4 is 44.3 Å². The van der Waals surface area contributed by atoms with Crippen LogP contribution < -0.4 is 4.72 Å².